The van der Waals surface area contributed by atoms with E-state index in [0.29, 0.717) is 28.1 Å². The Labute approximate surface area is 172 Å². The number of aromatic nitrogens is 1. The van der Waals surface area contributed by atoms with E-state index in [0.717, 1.165) is 0 Å². The van der Waals surface area contributed by atoms with E-state index in [-0.39, 0.29) is 22.9 Å². The molecule has 0 spiro atoms. The fraction of sp³-hybridized carbons (Fsp3) is 0. The van der Waals surface area contributed by atoms with Crippen molar-refractivity contribution in [3.63, 3.8) is 0 Å². The second kappa shape index (κ2) is 7.94. The first-order chi connectivity index (χ1) is 14.5. The molecule has 0 radical (unpaired) electrons. The Morgan fingerprint density at radius 2 is 1.73 bits per heavy atom. The number of nitrogens with zero attached hydrogens (tertiary/aromatic N) is 2. The van der Waals surface area contributed by atoms with Crippen molar-refractivity contribution in [3.8, 4) is 45.7 Å². The van der Waals surface area contributed by atoms with Crippen LogP contribution in [0.4, 0.5) is 10.2 Å². The summed E-state index contributed by atoms with van der Waals surface area (Å²) in [4.78, 5) is 4.24. The largest absolute Gasteiger partial charge is 0.504 e. The molecule has 1 heterocycles. The van der Waals surface area contributed by atoms with Crippen molar-refractivity contribution in [1.82, 2.24) is 4.98 Å². The van der Waals surface area contributed by atoms with E-state index in [4.69, 9.17) is 10.5 Å². The number of nitrogen functional groups attached to an aromatic ring is 1. The van der Waals surface area contributed by atoms with Crippen LogP contribution in [0.15, 0.2) is 78.9 Å². The normalized spacial score (nSPS) is 10.4. The minimum absolute atomic E-state index is 0.0263. The first-order valence-corrected chi connectivity index (χ1v) is 9.08. The van der Waals surface area contributed by atoms with Gasteiger partial charge in [0, 0.05) is 11.1 Å². The number of phenols is 1. The van der Waals surface area contributed by atoms with Gasteiger partial charge in [-0.1, -0.05) is 36.4 Å². The van der Waals surface area contributed by atoms with E-state index in [9.17, 15) is 14.8 Å². The maximum absolute atomic E-state index is 13.6. The van der Waals surface area contributed by atoms with Gasteiger partial charge in [-0.2, -0.15) is 5.26 Å². The molecule has 0 unspecified atom stereocenters. The smallest absolute Gasteiger partial charge is 0.169 e. The molecule has 0 fully saturated rings. The Morgan fingerprint density at radius 1 is 0.933 bits per heavy atom. The highest BCUT2D eigenvalue weighted by Crippen LogP contribution is 2.37. The van der Waals surface area contributed by atoms with Gasteiger partial charge in [-0.05, 0) is 48.0 Å². The van der Waals surface area contributed by atoms with Crippen LogP contribution >= 0.6 is 0 Å². The Hall–Kier alpha value is -4.37. The molecule has 5 nitrogen and oxygen atoms in total. The zero-order valence-electron chi connectivity index (χ0n) is 15.7. The second-order valence-corrected chi connectivity index (χ2v) is 6.54. The number of pyridine rings is 1. The van der Waals surface area contributed by atoms with Crippen LogP contribution in [0, 0.1) is 17.1 Å². The number of aromatic hydroxyl groups is 1. The van der Waals surface area contributed by atoms with Crippen LogP contribution in [0.1, 0.15) is 5.56 Å². The maximum atomic E-state index is 13.6. The lowest BCUT2D eigenvalue weighted by molar-refractivity contribution is 0.411. The molecule has 4 aromatic rings. The Bertz CT molecular complexity index is 1270. The van der Waals surface area contributed by atoms with Crippen LogP contribution < -0.4 is 10.5 Å². The average Bonchev–Trinajstić information content (AvgIpc) is 2.75. The van der Waals surface area contributed by atoms with E-state index in [1.165, 1.54) is 18.2 Å². The predicted molar refractivity (Wildman–Crippen MR) is 112 cm³/mol. The lowest BCUT2D eigenvalue weighted by atomic mass is 9.98. The Balaban J connectivity index is 1.77. The third kappa shape index (κ3) is 3.77. The van der Waals surface area contributed by atoms with Crippen LogP contribution in [-0.2, 0) is 0 Å². The molecule has 0 saturated carbocycles. The monoisotopic (exact) mass is 397 g/mol. The number of para-hydroxylation sites is 1. The highest BCUT2D eigenvalue weighted by atomic mass is 19.1. The Kier molecular flexibility index (Phi) is 5.02. The van der Waals surface area contributed by atoms with Crippen LogP contribution in [0.3, 0.4) is 0 Å². The number of benzene rings is 3. The summed E-state index contributed by atoms with van der Waals surface area (Å²) < 4.78 is 19.3. The third-order valence-electron chi connectivity index (χ3n) is 4.52. The number of rotatable bonds is 4. The molecule has 0 aliphatic heterocycles. The molecule has 3 aromatic carbocycles. The summed E-state index contributed by atoms with van der Waals surface area (Å²) in [6.07, 6.45) is 0. The van der Waals surface area contributed by atoms with Crippen LogP contribution in [-0.4, -0.2) is 10.1 Å². The molecule has 146 valence electrons. The van der Waals surface area contributed by atoms with Crippen molar-refractivity contribution in [2.75, 3.05) is 5.73 Å². The van der Waals surface area contributed by atoms with Crippen LogP contribution in [0.5, 0.6) is 17.2 Å². The number of phenolic OH excluding ortho intramolecular Hbond substituents is 1. The molecule has 6 heteroatoms. The zero-order valence-corrected chi connectivity index (χ0v) is 15.7. The summed E-state index contributed by atoms with van der Waals surface area (Å²) in [6.45, 7) is 0. The fourth-order valence-corrected chi connectivity index (χ4v) is 3.09. The van der Waals surface area contributed by atoms with Gasteiger partial charge < -0.3 is 15.6 Å². The number of hydrogen-bond donors (Lipinski definition) is 2. The van der Waals surface area contributed by atoms with E-state index >= 15 is 0 Å². The summed E-state index contributed by atoms with van der Waals surface area (Å²) in [5.74, 6) is 0.385. The number of halogens is 1. The van der Waals surface area contributed by atoms with Crippen LogP contribution in [0.2, 0.25) is 0 Å². The minimum Gasteiger partial charge on any atom is -0.504 e. The average molecular weight is 397 g/mol. The molecule has 0 atom stereocenters. The minimum atomic E-state index is -0.404. The van der Waals surface area contributed by atoms with Crippen molar-refractivity contribution in [3.05, 3.63) is 90.2 Å². The molecule has 4 rings (SSSR count). The van der Waals surface area contributed by atoms with Gasteiger partial charge in [-0.25, -0.2) is 9.37 Å². The van der Waals surface area contributed by atoms with Gasteiger partial charge in [0.25, 0.3) is 0 Å². The number of ether oxygens (including phenoxy) is 1. The molecule has 0 saturated heterocycles. The molecule has 0 bridgehead atoms. The van der Waals surface area contributed by atoms with Gasteiger partial charge in [0.1, 0.15) is 29.0 Å². The molecular formula is C24H16FN3O2. The topological polar surface area (TPSA) is 92.2 Å². The highest BCUT2D eigenvalue weighted by Gasteiger charge is 2.15. The van der Waals surface area contributed by atoms with Crippen molar-refractivity contribution in [2.45, 2.75) is 0 Å². The molecule has 30 heavy (non-hydrogen) atoms. The summed E-state index contributed by atoms with van der Waals surface area (Å²) in [6, 6.07) is 23.5. The summed E-state index contributed by atoms with van der Waals surface area (Å²) in [7, 11) is 0. The molecular weight excluding hydrogens is 381 g/mol. The first kappa shape index (κ1) is 19.0. The van der Waals surface area contributed by atoms with Gasteiger partial charge >= 0.3 is 0 Å². The molecule has 3 N–H and O–H groups in total. The van der Waals surface area contributed by atoms with Crippen molar-refractivity contribution in [1.29, 1.82) is 5.26 Å². The molecule has 0 aliphatic rings. The Morgan fingerprint density at radius 3 is 2.43 bits per heavy atom. The third-order valence-corrected chi connectivity index (χ3v) is 4.52. The van der Waals surface area contributed by atoms with Crippen molar-refractivity contribution >= 4 is 5.82 Å². The summed E-state index contributed by atoms with van der Waals surface area (Å²) in [5.41, 5.74) is 8.15. The number of hydrogen-bond acceptors (Lipinski definition) is 5. The van der Waals surface area contributed by atoms with Gasteiger partial charge in [-0.3, -0.25) is 0 Å². The van der Waals surface area contributed by atoms with Gasteiger partial charge in [0.05, 0.1) is 5.69 Å². The van der Waals surface area contributed by atoms with Gasteiger partial charge in [0.15, 0.2) is 11.5 Å². The van der Waals surface area contributed by atoms with E-state index in [1.807, 2.05) is 18.2 Å². The maximum Gasteiger partial charge on any atom is 0.169 e. The zero-order chi connectivity index (χ0) is 21.1. The molecule has 1 aromatic heterocycles. The SMILES string of the molecule is N#Cc1c(-c2ccc(Oc3ccccc3)c(O)c2)cc(-c2cccc(F)c2)nc1N. The van der Waals surface area contributed by atoms with Gasteiger partial charge in [-0.15, -0.1) is 0 Å². The molecule has 0 aliphatic carbocycles. The van der Waals surface area contributed by atoms with E-state index < -0.39 is 5.82 Å². The predicted octanol–water partition coefficient (Wildman–Crippen LogP) is 5.51. The van der Waals surface area contributed by atoms with Gasteiger partial charge in [0.2, 0.25) is 0 Å². The second-order valence-electron chi connectivity index (χ2n) is 6.54. The van der Waals surface area contributed by atoms with Crippen molar-refractivity contribution < 1.29 is 14.2 Å². The van der Waals surface area contributed by atoms with E-state index in [1.54, 1.807) is 42.5 Å². The lowest BCUT2D eigenvalue weighted by Crippen LogP contribution is -2.00. The number of nitrogens with two attached hydrogens (primary N) is 1. The summed E-state index contributed by atoms with van der Waals surface area (Å²) in [5, 5.41) is 20.0. The molecule has 0 amide bonds. The first-order valence-electron chi connectivity index (χ1n) is 9.08. The highest BCUT2D eigenvalue weighted by molar-refractivity contribution is 5.81. The van der Waals surface area contributed by atoms with Crippen LogP contribution in [0.25, 0.3) is 22.4 Å². The van der Waals surface area contributed by atoms with E-state index in [2.05, 4.69) is 11.1 Å². The number of nitriles is 1. The summed E-state index contributed by atoms with van der Waals surface area (Å²) >= 11 is 0. The number of anilines is 1. The quantitative estimate of drug-likeness (QED) is 0.474. The lowest BCUT2D eigenvalue weighted by Gasteiger charge is -2.12. The fourth-order valence-electron chi connectivity index (χ4n) is 3.09. The van der Waals surface area contributed by atoms with Crippen molar-refractivity contribution in [2.24, 2.45) is 0 Å². The standard InChI is InChI=1S/C24H16FN3O2/c25-17-6-4-5-16(11-17)21-13-19(20(14-26)24(27)28-21)15-9-10-23(22(29)12-15)30-18-7-2-1-3-8-18/h1-13,29H,(H2,27,28).